The number of ether oxygens (including phenoxy) is 1. The Morgan fingerprint density at radius 1 is 1.38 bits per heavy atom. The molecule has 0 saturated carbocycles. The van der Waals surface area contributed by atoms with Crippen LogP contribution in [0.5, 0.6) is 0 Å². The van der Waals surface area contributed by atoms with Crippen LogP contribution in [0.25, 0.3) is 0 Å². The van der Waals surface area contributed by atoms with Gasteiger partial charge in [0, 0.05) is 24.9 Å². The summed E-state index contributed by atoms with van der Waals surface area (Å²) in [5.74, 6) is -1.99. The summed E-state index contributed by atoms with van der Waals surface area (Å²) in [5, 5.41) is 10.9. The van der Waals surface area contributed by atoms with Crippen LogP contribution in [0.2, 0.25) is 0 Å². The van der Waals surface area contributed by atoms with Crippen molar-refractivity contribution in [2.45, 2.75) is 27.2 Å². The number of esters is 1. The third-order valence-corrected chi connectivity index (χ3v) is 3.62. The topological polar surface area (TPSA) is 106 Å². The summed E-state index contributed by atoms with van der Waals surface area (Å²) in [7, 11) is 1.34. The lowest BCUT2D eigenvalue weighted by Crippen LogP contribution is -2.27. The molecule has 132 valence electrons. The molecule has 2 rings (SSSR count). The summed E-state index contributed by atoms with van der Waals surface area (Å²) in [5.41, 5.74) is 0.225. The Kier molecular flexibility index (Phi) is 6.88. The van der Waals surface area contributed by atoms with Crippen LogP contribution in [-0.2, 0) is 25.5 Å². The lowest BCUT2D eigenvalue weighted by molar-refractivity contribution is -0.147. The Bertz CT molecular complexity index is 580. The van der Waals surface area contributed by atoms with Crippen LogP contribution in [0.1, 0.15) is 26.5 Å². The van der Waals surface area contributed by atoms with E-state index in [-0.39, 0.29) is 17.8 Å². The van der Waals surface area contributed by atoms with Crippen molar-refractivity contribution in [1.82, 2.24) is 10.3 Å². The van der Waals surface area contributed by atoms with Crippen LogP contribution < -0.4 is 5.32 Å². The molecular weight excluding hydrogens is 312 g/mol. The highest BCUT2D eigenvalue weighted by atomic mass is 16.5. The second-order valence-electron chi connectivity index (χ2n) is 6.56. The highest BCUT2D eigenvalue weighted by Gasteiger charge is 2.40. The van der Waals surface area contributed by atoms with Gasteiger partial charge in [0.25, 0.3) is 0 Å². The van der Waals surface area contributed by atoms with E-state index < -0.39 is 17.3 Å². The number of aliphatic carboxylic acids is 1. The number of hydrogen-bond donors (Lipinski definition) is 2. The fourth-order valence-corrected chi connectivity index (χ4v) is 2.04. The number of aromatic nitrogens is 1. The van der Waals surface area contributed by atoms with Gasteiger partial charge < -0.3 is 15.2 Å². The first kappa shape index (κ1) is 19.6. The number of methoxy groups -OCH3 is 1. The van der Waals surface area contributed by atoms with E-state index in [1.807, 2.05) is 18.2 Å². The van der Waals surface area contributed by atoms with Gasteiger partial charge in [0.05, 0.1) is 24.4 Å². The molecule has 7 heteroatoms. The van der Waals surface area contributed by atoms with Gasteiger partial charge in [-0.15, -0.1) is 0 Å². The molecule has 0 aromatic carbocycles. The van der Waals surface area contributed by atoms with E-state index in [1.165, 1.54) is 7.11 Å². The van der Waals surface area contributed by atoms with E-state index >= 15 is 0 Å². The van der Waals surface area contributed by atoms with E-state index in [2.05, 4.69) is 10.3 Å². The Morgan fingerprint density at radius 3 is 2.46 bits per heavy atom. The van der Waals surface area contributed by atoms with Crippen molar-refractivity contribution in [1.29, 1.82) is 0 Å². The van der Waals surface area contributed by atoms with E-state index in [1.54, 1.807) is 27.0 Å². The van der Waals surface area contributed by atoms with Gasteiger partial charge in [-0.1, -0.05) is 6.07 Å². The molecule has 2 atom stereocenters. The number of carboxylic acids is 1. The summed E-state index contributed by atoms with van der Waals surface area (Å²) in [6, 6.07) is 5.53. The second-order valence-corrected chi connectivity index (χ2v) is 6.56. The minimum Gasteiger partial charge on any atom is -0.481 e. The number of carboxylic acid groups (broad SMARTS) is 1. The van der Waals surface area contributed by atoms with E-state index in [9.17, 15) is 14.4 Å². The first-order valence-electron chi connectivity index (χ1n) is 7.65. The number of nitrogens with one attached hydrogen (secondary N) is 1. The minimum atomic E-state index is -0.757. The maximum absolute atomic E-state index is 11.7. The summed E-state index contributed by atoms with van der Waals surface area (Å²) in [6.07, 6.45) is 2.14. The first-order valence-corrected chi connectivity index (χ1v) is 7.65. The van der Waals surface area contributed by atoms with Gasteiger partial charge in [-0.05, 0) is 32.9 Å². The van der Waals surface area contributed by atoms with Crippen molar-refractivity contribution in [2.24, 2.45) is 17.3 Å². The molecule has 0 radical (unpaired) electrons. The monoisotopic (exact) mass is 336 g/mol. The van der Waals surface area contributed by atoms with Crippen molar-refractivity contribution in [3.63, 3.8) is 0 Å². The van der Waals surface area contributed by atoms with Crippen molar-refractivity contribution in [3.05, 3.63) is 30.1 Å². The predicted molar refractivity (Wildman–Crippen MR) is 87.0 cm³/mol. The van der Waals surface area contributed by atoms with Gasteiger partial charge in [0.1, 0.15) is 0 Å². The van der Waals surface area contributed by atoms with Crippen LogP contribution >= 0.6 is 0 Å². The molecule has 1 saturated heterocycles. The number of amides is 1. The van der Waals surface area contributed by atoms with Crippen LogP contribution in [0, 0.1) is 17.3 Å². The first-order chi connectivity index (χ1) is 11.2. The van der Waals surface area contributed by atoms with E-state index in [4.69, 9.17) is 9.84 Å². The summed E-state index contributed by atoms with van der Waals surface area (Å²) in [6.45, 7) is 5.34. The largest absolute Gasteiger partial charge is 0.481 e. The van der Waals surface area contributed by atoms with Gasteiger partial charge in [0.15, 0.2) is 0 Å². The highest BCUT2D eigenvalue weighted by Crippen LogP contribution is 2.23. The molecule has 1 aromatic heterocycles. The lowest BCUT2D eigenvalue weighted by Gasteiger charge is -2.13. The summed E-state index contributed by atoms with van der Waals surface area (Å²) < 4.78 is 4.70. The number of hydrogen-bond acceptors (Lipinski definition) is 5. The lowest BCUT2D eigenvalue weighted by atomic mass is 9.91. The van der Waals surface area contributed by atoms with Gasteiger partial charge in [-0.25, -0.2) is 0 Å². The summed E-state index contributed by atoms with van der Waals surface area (Å²) in [4.78, 5) is 37.4. The van der Waals surface area contributed by atoms with E-state index in [0.29, 0.717) is 13.0 Å². The minimum absolute atomic E-state index is 0.106. The van der Waals surface area contributed by atoms with Crippen LogP contribution in [0.15, 0.2) is 24.4 Å². The maximum Gasteiger partial charge on any atom is 0.311 e. The molecule has 1 amide bonds. The Hall–Kier alpha value is -2.44. The molecule has 24 heavy (non-hydrogen) atoms. The van der Waals surface area contributed by atoms with Crippen molar-refractivity contribution >= 4 is 17.8 Å². The zero-order valence-corrected chi connectivity index (χ0v) is 14.4. The predicted octanol–water partition coefficient (Wildman–Crippen LogP) is 1.28. The third-order valence-electron chi connectivity index (χ3n) is 3.62. The molecule has 1 fully saturated rings. The van der Waals surface area contributed by atoms with Crippen LogP contribution in [0.4, 0.5) is 0 Å². The average molecular weight is 336 g/mol. The SMILES string of the molecule is CC(C)(C)C(=O)O.COC(=O)[C@H]1CNC(=O)[C@@H]1Cc1ccccn1. The Balaban J connectivity index is 0.000000351. The fraction of sp³-hybridized carbons (Fsp3) is 0.529. The molecule has 1 aromatic rings. The van der Waals surface area contributed by atoms with Gasteiger partial charge in [0.2, 0.25) is 5.91 Å². The third kappa shape index (κ3) is 5.64. The fourth-order valence-electron chi connectivity index (χ4n) is 2.04. The number of rotatable bonds is 3. The number of nitrogens with zero attached hydrogens (tertiary/aromatic N) is 1. The van der Waals surface area contributed by atoms with Gasteiger partial charge >= 0.3 is 11.9 Å². The molecule has 0 bridgehead atoms. The quantitative estimate of drug-likeness (QED) is 0.806. The smallest absolute Gasteiger partial charge is 0.311 e. The average Bonchev–Trinajstić information content (AvgIpc) is 2.88. The van der Waals surface area contributed by atoms with Gasteiger partial charge in [-0.3, -0.25) is 19.4 Å². The summed E-state index contributed by atoms with van der Waals surface area (Å²) >= 11 is 0. The van der Waals surface area contributed by atoms with E-state index in [0.717, 1.165) is 5.69 Å². The normalized spacial score (nSPS) is 19.8. The van der Waals surface area contributed by atoms with Crippen LogP contribution in [0.3, 0.4) is 0 Å². The molecule has 2 N–H and O–H groups in total. The maximum atomic E-state index is 11.7. The van der Waals surface area contributed by atoms with Gasteiger partial charge in [-0.2, -0.15) is 0 Å². The zero-order valence-electron chi connectivity index (χ0n) is 14.4. The zero-order chi connectivity index (χ0) is 18.3. The number of carbonyl (C=O) groups excluding carboxylic acids is 2. The Labute approximate surface area is 141 Å². The number of carbonyl (C=O) groups is 3. The second kappa shape index (κ2) is 8.42. The molecule has 1 aliphatic rings. The molecule has 7 nitrogen and oxygen atoms in total. The molecule has 0 spiro atoms. The van der Waals surface area contributed by atoms with Crippen molar-refractivity contribution in [3.8, 4) is 0 Å². The Morgan fingerprint density at radius 2 is 2.00 bits per heavy atom. The van der Waals surface area contributed by atoms with Crippen molar-refractivity contribution in [2.75, 3.05) is 13.7 Å². The van der Waals surface area contributed by atoms with Crippen molar-refractivity contribution < 1.29 is 24.2 Å². The molecule has 2 heterocycles. The molecule has 0 aliphatic carbocycles. The molecule has 1 aliphatic heterocycles. The molecule has 0 unspecified atom stereocenters. The highest BCUT2D eigenvalue weighted by molar-refractivity contribution is 5.89. The molecular formula is C17H24N2O5. The van der Waals surface area contributed by atoms with Crippen LogP contribution in [-0.4, -0.2) is 41.6 Å². The standard InChI is InChI=1S/C12H14N2O3.C5H10O2/c1-17-12(16)10-7-14-11(15)9(10)6-8-4-2-3-5-13-8;1-5(2,3)4(6)7/h2-5,9-10H,6-7H2,1H3,(H,14,15);1-3H3,(H,6,7)/t9-,10+;/m1./s1. The number of pyridine rings is 1.